The fourth-order valence-corrected chi connectivity index (χ4v) is 2.56. The normalized spacial score (nSPS) is 19.5. The van der Waals surface area contributed by atoms with Gasteiger partial charge in [-0.05, 0) is 29.8 Å². The smallest absolute Gasteiger partial charge is 0.340 e. The van der Waals surface area contributed by atoms with Crippen molar-refractivity contribution in [3.05, 3.63) is 65.5 Å². The van der Waals surface area contributed by atoms with E-state index in [1.54, 1.807) is 36.4 Å². The molecule has 0 spiro atoms. The predicted octanol–water partition coefficient (Wildman–Crippen LogP) is 1.96. The zero-order valence-corrected chi connectivity index (χ0v) is 11.4. The van der Waals surface area contributed by atoms with Crippen LogP contribution in [0.4, 0.5) is 5.69 Å². The molecule has 1 aliphatic rings. The summed E-state index contributed by atoms with van der Waals surface area (Å²) in [6, 6.07) is 11.7. The third kappa shape index (κ3) is 1.93. The number of aliphatic carboxylic acids is 2. The van der Waals surface area contributed by atoms with Crippen molar-refractivity contribution in [3.8, 4) is 0 Å². The second-order valence-electron chi connectivity index (χ2n) is 4.85. The molecule has 0 saturated heterocycles. The van der Waals surface area contributed by atoms with Crippen LogP contribution in [0.2, 0.25) is 0 Å². The number of benzene rings is 1. The highest BCUT2D eigenvalue weighted by Gasteiger charge is 2.50. The lowest BCUT2D eigenvalue weighted by molar-refractivity contribution is -0.144. The molecular formula is C16H12N2O4. The first-order valence-electron chi connectivity index (χ1n) is 6.53. The summed E-state index contributed by atoms with van der Waals surface area (Å²) in [7, 11) is 0. The molecule has 0 aliphatic carbocycles. The van der Waals surface area contributed by atoms with Crippen LogP contribution in [0.1, 0.15) is 11.3 Å². The van der Waals surface area contributed by atoms with Crippen LogP contribution in [0.25, 0.3) is 6.08 Å². The highest BCUT2D eigenvalue weighted by Crippen LogP contribution is 2.40. The summed E-state index contributed by atoms with van der Waals surface area (Å²) >= 11 is 0. The van der Waals surface area contributed by atoms with Gasteiger partial charge in [0.15, 0.2) is 0 Å². The molecule has 6 heteroatoms. The molecule has 3 rings (SSSR count). The molecule has 0 amide bonds. The van der Waals surface area contributed by atoms with Crippen LogP contribution in [0.5, 0.6) is 0 Å². The number of aromatic nitrogens is 1. The summed E-state index contributed by atoms with van der Waals surface area (Å²) in [5.41, 5.74) is -0.933. The van der Waals surface area contributed by atoms with E-state index >= 15 is 0 Å². The lowest BCUT2D eigenvalue weighted by atomic mass is 9.81. The zero-order chi connectivity index (χ0) is 15.7. The van der Waals surface area contributed by atoms with Crippen molar-refractivity contribution in [2.45, 2.75) is 5.54 Å². The van der Waals surface area contributed by atoms with Crippen LogP contribution < -0.4 is 5.32 Å². The molecule has 0 saturated carbocycles. The molecule has 3 N–H and O–H groups in total. The number of anilines is 1. The monoisotopic (exact) mass is 296 g/mol. The van der Waals surface area contributed by atoms with Crippen molar-refractivity contribution in [3.63, 3.8) is 0 Å². The number of hydrogen-bond acceptors (Lipinski definition) is 4. The summed E-state index contributed by atoms with van der Waals surface area (Å²) in [5, 5.41) is 22.1. The van der Waals surface area contributed by atoms with Crippen molar-refractivity contribution in [1.82, 2.24) is 4.98 Å². The van der Waals surface area contributed by atoms with Gasteiger partial charge >= 0.3 is 11.9 Å². The number of carboxylic acids is 2. The first kappa shape index (κ1) is 13.8. The Morgan fingerprint density at radius 1 is 1.05 bits per heavy atom. The Morgan fingerprint density at radius 3 is 2.41 bits per heavy atom. The minimum atomic E-state index is -1.93. The molecule has 1 aliphatic heterocycles. The number of nitrogens with zero attached hydrogens (tertiary/aromatic N) is 1. The Labute approximate surface area is 125 Å². The van der Waals surface area contributed by atoms with Gasteiger partial charge in [0.05, 0.1) is 11.3 Å². The molecule has 2 heterocycles. The van der Waals surface area contributed by atoms with Crippen molar-refractivity contribution in [1.29, 1.82) is 0 Å². The standard InChI is InChI=1S/C16H12N2O4/c19-14(20)11-9-10-5-1-2-6-12(10)18-16(11,15(21)22)13-7-3-4-8-17-13/h1-9,18H,(H,19,20)(H,21,22). The lowest BCUT2D eigenvalue weighted by Crippen LogP contribution is -2.49. The minimum Gasteiger partial charge on any atom is -0.479 e. The van der Waals surface area contributed by atoms with Gasteiger partial charge in [0.2, 0.25) is 5.54 Å². The topological polar surface area (TPSA) is 99.5 Å². The maximum Gasteiger partial charge on any atom is 0.340 e. The van der Waals surface area contributed by atoms with Crippen molar-refractivity contribution in [2.75, 3.05) is 5.32 Å². The summed E-state index contributed by atoms with van der Waals surface area (Å²) < 4.78 is 0. The molecule has 6 nitrogen and oxygen atoms in total. The molecule has 2 aromatic rings. The van der Waals surface area contributed by atoms with E-state index in [1.807, 2.05) is 0 Å². The van der Waals surface area contributed by atoms with Gasteiger partial charge in [-0.2, -0.15) is 0 Å². The number of carboxylic acid groups (broad SMARTS) is 2. The predicted molar refractivity (Wildman–Crippen MR) is 79.2 cm³/mol. The van der Waals surface area contributed by atoms with Gasteiger partial charge in [0.25, 0.3) is 0 Å². The van der Waals surface area contributed by atoms with E-state index in [2.05, 4.69) is 10.3 Å². The number of rotatable bonds is 3. The van der Waals surface area contributed by atoms with E-state index in [4.69, 9.17) is 0 Å². The van der Waals surface area contributed by atoms with Gasteiger partial charge in [-0.3, -0.25) is 4.98 Å². The first-order chi connectivity index (χ1) is 10.6. The summed E-state index contributed by atoms with van der Waals surface area (Å²) in [6.07, 6.45) is 2.80. The second kappa shape index (κ2) is 5.00. The average Bonchev–Trinajstić information content (AvgIpc) is 2.54. The third-order valence-corrected chi connectivity index (χ3v) is 3.59. The van der Waals surface area contributed by atoms with Gasteiger partial charge in [0.1, 0.15) is 0 Å². The van der Waals surface area contributed by atoms with E-state index < -0.39 is 17.5 Å². The second-order valence-corrected chi connectivity index (χ2v) is 4.85. The summed E-state index contributed by atoms with van der Waals surface area (Å²) in [4.78, 5) is 27.7. The summed E-state index contributed by atoms with van der Waals surface area (Å²) in [6.45, 7) is 0. The first-order valence-corrected chi connectivity index (χ1v) is 6.53. The maximum atomic E-state index is 12.0. The Bertz CT molecular complexity index is 786. The van der Waals surface area contributed by atoms with Crippen molar-refractivity contribution in [2.24, 2.45) is 0 Å². The highest BCUT2D eigenvalue weighted by molar-refractivity contribution is 6.07. The Hall–Kier alpha value is -3.15. The SMILES string of the molecule is O=C(O)C1=Cc2ccccc2NC1(C(=O)O)c1ccccn1. The number of pyridine rings is 1. The number of hydrogen-bond donors (Lipinski definition) is 3. The molecule has 1 unspecified atom stereocenters. The average molecular weight is 296 g/mol. The van der Waals surface area contributed by atoms with Gasteiger partial charge in [-0.1, -0.05) is 24.3 Å². The molecule has 1 aromatic carbocycles. The van der Waals surface area contributed by atoms with Gasteiger partial charge in [-0.25, -0.2) is 9.59 Å². The van der Waals surface area contributed by atoms with E-state index in [-0.39, 0.29) is 11.3 Å². The van der Waals surface area contributed by atoms with Crippen LogP contribution in [0, 0.1) is 0 Å². The van der Waals surface area contributed by atoms with Gasteiger partial charge in [-0.15, -0.1) is 0 Å². The molecule has 22 heavy (non-hydrogen) atoms. The number of fused-ring (bicyclic) bond motifs is 1. The Balaban J connectivity index is 2.31. The largest absolute Gasteiger partial charge is 0.479 e. The maximum absolute atomic E-state index is 12.0. The lowest BCUT2D eigenvalue weighted by Gasteiger charge is -2.35. The van der Waals surface area contributed by atoms with E-state index in [0.717, 1.165) is 0 Å². The fourth-order valence-electron chi connectivity index (χ4n) is 2.56. The Morgan fingerprint density at radius 2 is 1.77 bits per heavy atom. The fraction of sp³-hybridized carbons (Fsp3) is 0.0625. The van der Waals surface area contributed by atoms with Crippen molar-refractivity contribution >= 4 is 23.7 Å². The number of nitrogens with one attached hydrogen (secondary N) is 1. The molecule has 1 atom stereocenters. The third-order valence-electron chi connectivity index (χ3n) is 3.59. The molecule has 0 radical (unpaired) electrons. The highest BCUT2D eigenvalue weighted by atomic mass is 16.4. The molecular weight excluding hydrogens is 284 g/mol. The van der Waals surface area contributed by atoms with Crippen LogP contribution in [-0.4, -0.2) is 27.1 Å². The zero-order valence-electron chi connectivity index (χ0n) is 11.4. The van der Waals surface area contributed by atoms with E-state index in [9.17, 15) is 19.8 Å². The van der Waals surface area contributed by atoms with Crippen LogP contribution in [0.15, 0.2) is 54.2 Å². The van der Waals surface area contributed by atoms with E-state index in [1.165, 1.54) is 18.3 Å². The molecule has 0 fully saturated rings. The Kier molecular flexibility index (Phi) is 3.14. The minimum absolute atomic E-state index is 0.116. The molecule has 0 bridgehead atoms. The van der Waals surface area contributed by atoms with Crippen LogP contribution in [-0.2, 0) is 15.1 Å². The van der Waals surface area contributed by atoms with Gasteiger partial charge in [0, 0.05) is 11.9 Å². The van der Waals surface area contributed by atoms with Crippen molar-refractivity contribution < 1.29 is 19.8 Å². The molecule has 1 aromatic heterocycles. The number of para-hydroxylation sites is 1. The number of carbonyl (C=O) groups is 2. The van der Waals surface area contributed by atoms with Gasteiger partial charge < -0.3 is 15.5 Å². The van der Waals surface area contributed by atoms with Crippen LogP contribution >= 0.6 is 0 Å². The quantitative estimate of drug-likeness (QED) is 0.800. The van der Waals surface area contributed by atoms with E-state index in [0.29, 0.717) is 11.3 Å². The summed E-state index contributed by atoms with van der Waals surface area (Å²) in [5.74, 6) is -2.63. The van der Waals surface area contributed by atoms with Crippen LogP contribution in [0.3, 0.4) is 0 Å². The molecule has 110 valence electrons.